The molecule has 5 nitrogen and oxygen atoms in total. The lowest BCUT2D eigenvalue weighted by molar-refractivity contribution is 0.0941. The molecule has 0 radical (unpaired) electrons. The van der Waals surface area contributed by atoms with Crippen molar-refractivity contribution in [1.29, 1.82) is 0 Å². The van der Waals surface area contributed by atoms with E-state index in [9.17, 15) is 13.2 Å². The molecule has 1 fully saturated rings. The predicted molar refractivity (Wildman–Crippen MR) is 104 cm³/mol. The molecule has 0 unspecified atom stereocenters. The number of nitrogens with zero attached hydrogens (tertiary/aromatic N) is 1. The van der Waals surface area contributed by atoms with E-state index in [2.05, 4.69) is 21.2 Å². The number of carbonyl (C=O) groups is 1. The fourth-order valence-corrected chi connectivity index (χ4v) is 4.95. The molecule has 1 aliphatic heterocycles. The highest BCUT2D eigenvalue weighted by atomic mass is 79.9. The highest BCUT2D eigenvalue weighted by Gasteiger charge is 2.29. The van der Waals surface area contributed by atoms with Gasteiger partial charge in [-0.25, -0.2) is 8.42 Å². The lowest BCUT2D eigenvalue weighted by Crippen LogP contribution is -2.41. The number of piperidine rings is 1. The maximum atomic E-state index is 12.6. The molecule has 1 N–H and O–H groups in total. The van der Waals surface area contributed by atoms with E-state index in [4.69, 9.17) is 0 Å². The Morgan fingerprint density at radius 2 is 1.77 bits per heavy atom. The maximum absolute atomic E-state index is 12.6. The average Bonchev–Trinajstić information content (AvgIpc) is 2.67. The van der Waals surface area contributed by atoms with Crippen LogP contribution in [-0.4, -0.2) is 38.3 Å². The zero-order chi connectivity index (χ0) is 18.6. The molecule has 0 atom stereocenters. The van der Waals surface area contributed by atoms with Crippen molar-refractivity contribution >= 4 is 31.9 Å². The van der Waals surface area contributed by atoms with Crippen LogP contribution in [0.1, 0.15) is 23.2 Å². The Morgan fingerprint density at radius 1 is 1.08 bits per heavy atom. The summed E-state index contributed by atoms with van der Waals surface area (Å²) < 4.78 is 27.7. The van der Waals surface area contributed by atoms with Gasteiger partial charge in [-0.2, -0.15) is 4.31 Å². The van der Waals surface area contributed by atoms with Crippen molar-refractivity contribution < 1.29 is 13.2 Å². The summed E-state index contributed by atoms with van der Waals surface area (Å²) in [6, 6.07) is 15.8. The molecule has 2 aromatic carbocycles. The Kier molecular flexibility index (Phi) is 6.11. The van der Waals surface area contributed by atoms with E-state index >= 15 is 0 Å². The van der Waals surface area contributed by atoms with Gasteiger partial charge in [0.1, 0.15) is 0 Å². The van der Waals surface area contributed by atoms with Gasteiger partial charge < -0.3 is 5.32 Å². The minimum atomic E-state index is -3.42. The SMILES string of the molecule is O=C(NCC1CCN(S(=O)(=O)c2ccccc2)CC1)c1cccc(Br)c1. The molecular weight excluding hydrogens is 416 g/mol. The van der Waals surface area contributed by atoms with Gasteiger partial charge in [-0.3, -0.25) is 4.79 Å². The van der Waals surface area contributed by atoms with Crippen molar-refractivity contribution in [1.82, 2.24) is 9.62 Å². The molecule has 0 aromatic heterocycles. The Balaban J connectivity index is 1.52. The van der Waals surface area contributed by atoms with Crippen LogP contribution in [0.3, 0.4) is 0 Å². The average molecular weight is 437 g/mol. The van der Waals surface area contributed by atoms with E-state index in [-0.39, 0.29) is 11.8 Å². The molecule has 1 aliphatic rings. The van der Waals surface area contributed by atoms with Crippen LogP contribution in [-0.2, 0) is 10.0 Å². The second-order valence-corrected chi connectivity index (χ2v) is 9.23. The second-order valence-electron chi connectivity index (χ2n) is 6.38. The highest BCUT2D eigenvalue weighted by Crippen LogP contribution is 2.23. The summed E-state index contributed by atoms with van der Waals surface area (Å²) in [6.45, 7) is 1.52. The summed E-state index contributed by atoms with van der Waals surface area (Å²) in [5.74, 6) is 0.180. The van der Waals surface area contributed by atoms with Crippen LogP contribution in [0.4, 0.5) is 0 Å². The molecule has 2 aromatic rings. The number of amides is 1. The van der Waals surface area contributed by atoms with Gasteiger partial charge in [-0.15, -0.1) is 0 Å². The second kappa shape index (κ2) is 8.33. The lowest BCUT2D eigenvalue weighted by Gasteiger charge is -2.31. The van der Waals surface area contributed by atoms with E-state index in [1.165, 1.54) is 4.31 Å². The topological polar surface area (TPSA) is 66.5 Å². The van der Waals surface area contributed by atoms with Crippen molar-refractivity contribution in [3.05, 3.63) is 64.6 Å². The molecule has 1 heterocycles. The Hall–Kier alpha value is -1.70. The number of halogens is 1. The smallest absolute Gasteiger partial charge is 0.251 e. The maximum Gasteiger partial charge on any atom is 0.251 e. The van der Waals surface area contributed by atoms with Crippen LogP contribution in [0.2, 0.25) is 0 Å². The lowest BCUT2D eigenvalue weighted by atomic mass is 9.98. The van der Waals surface area contributed by atoms with Crippen LogP contribution in [0.25, 0.3) is 0 Å². The first-order chi connectivity index (χ1) is 12.5. The monoisotopic (exact) mass is 436 g/mol. The van der Waals surface area contributed by atoms with Crippen molar-refractivity contribution in [3.8, 4) is 0 Å². The normalized spacial score (nSPS) is 16.3. The van der Waals surface area contributed by atoms with Crippen molar-refractivity contribution in [2.45, 2.75) is 17.7 Å². The van der Waals surface area contributed by atoms with Crippen LogP contribution in [0, 0.1) is 5.92 Å². The quantitative estimate of drug-likeness (QED) is 0.781. The highest BCUT2D eigenvalue weighted by molar-refractivity contribution is 9.10. The summed E-state index contributed by atoms with van der Waals surface area (Å²) in [6.07, 6.45) is 1.48. The zero-order valence-electron chi connectivity index (χ0n) is 14.3. The molecule has 0 spiro atoms. The summed E-state index contributed by atoms with van der Waals surface area (Å²) in [5.41, 5.74) is 0.614. The largest absolute Gasteiger partial charge is 0.352 e. The van der Waals surface area contributed by atoms with Gasteiger partial charge in [0.25, 0.3) is 5.91 Å². The molecule has 1 amide bonds. The fourth-order valence-electron chi connectivity index (χ4n) is 3.06. The number of hydrogen-bond acceptors (Lipinski definition) is 3. The summed E-state index contributed by atoms with van der Waals surface area (Å²) in [4.78, 5) is 12.5. The Labute approximate surface area is 162 Å². The molecule has 26 heavy (non-hydrogen) atoms. The van der Waals surface area contributed by atoms with Gasteiger partial charge in [0, 0.05) is 29.7 Å². The first kappa shape index (κ1) is 19.1. The first-order valence-electron chi connectivity index (χ1n) is 8.56. The number of sulfonamides is 1. The summed E-state index contributed by atoms with van der Waals surface area (Å²) in [7, 11) is -3.42. The molecule has 3 rings (SSSR count). The summed E-state index contributed by atoms with van der Waals surface area (Å²) >= 11 is 3.36. The molecular formula is C19H21BrN2O3S. The van der Waals surface area contributed by atoms with E-state index in [0.29, 0.717) is 30.1 Å². The zero-order valence-corrected chi connectivity index (χ0v) is 16.7. The van der Waals surface area contributed by atoms with Crippen LogP contribution >= 0.6 is 15.9 Å². The predicted octanol–water partition coefficient (Wildman–Crippen LogP) is 3.28. The van der Waals surface area contributed by atoms with Crippen LogP contribution in [0.5, 0.6) is 0 Å². The van der Waals surface area contributed by atoms with Crippen molar-refractivity contribution in [2.24, 2.45) is 5.92 Å². The molecule has 1 saturated heterocycles. The van der Waals surface area contributed by atoms with Gasteiger partial charge in [0.05, 0.1) is 4.90 Å². The summed E-state index contributed by atoms with van der Waals surface area (Å²) in [5, 5.41) is 2.95. The standard InChI is InChI=1S/C19H21BrN2O3S/c20-17-6-4-5-16(13-17)19(23)21-14-15-9-11-22(12-10-15)26(24,25)18-7-2-1-3-8-18/h1-8,13,15H,9-12,14H2,(H,21,23). The van der Waals surface area contributed by atoms with Gasteiger partial charge in [0.2, 0.25) is 10.0 Å². The number of hydrogen-bond donors (Lipinski definition) is 1. The molecule has 0 saturated carbocycles. The molecule has 0 aliphatic carbocycles. The molecule has 7 heteroatoms. The fraction of sp³-hybridized carbons (Fsp3) is 0.316. The van der Waals surface area contributed by atoms with Crippen LogP contribution < -0.4 is 5.32 Å². The number of benzene rings is 2. The van der Waals surface area contributed by atoms with E-state index in [0.717, 1.165) is 17.3 Å². The van der Waals surface area contributed by atoms with Crippen molar-refractivity contribution in [2.75, 3.05) is 19.6 Å². The third-order valence-corrected chi connectivity index (χ3v) is 7.00. The third kappa shape index (κ3) is 4.52. The first-order valence-corrected chi connectivity index (χ1v) is 10.8. The van der Waals surface area contributed by atoms with E-state index in [1.807, 2.05) is 12.1 Å². The van der Waals surface area contributed by atoms with E-state index < -0.39 is 10.0 Å². The molecule has 138 valence electrons. The number of carbonyl (C=O) groups excluding carboxylic acids is 1. The van der Waals surface area contributed by atoms with Gasteiger partial charge >= 0.3 is 0 Å². The van der Waals surface area contributed by atoms with Crippen LogP contribution in [0.15, 0.2) is 64.0 Å². The van der Waals surface area contributed by atoms with Gasteiger partial charge in [0.15, 0.2) is 0 Å². The van der Waals surface area contributed by atoms with Crippen molar-refractivity contribution in [3.63, 3.8) is 0 Å². The Morgan fingerprint density at radius 3 is 2.42 bits per heavy atom. The van der Waals surface area contributed by atoms with Gasteiger partial charge in [-0.1, -0.05) is 40.2 Å². The molecule has 0 bridgehead atoms. The van der Waals surface area contributed by atoms with Gasteiger partial charge in [-0.05, 0) is 49.1 Å². The number of rotatable bonds is 5. The van der Waals surface area contributed by atoms with E-state index in [1.54, 1.807) is 42.5 Å². The number of nitrogens with one attached hydrogen (secondary N) is 1. The Bertz CT molecular complexity index is 863. The minimum Gasteiger partial charge on any atom is -0.352 e. The minimum absolute atomic E-state index is 0.106. The third-order valence-electron chi connectivity index (χ3n) is 4.59.